The Hall–Kier alpha value is -8.88. The molecule has 8 aromatic heterocycles. The van der Waals surface area contributed by atoms with Crippen LogP contribution in [0.3, 0.4) is 0 Å². The minimum Gasteiger partial charge on any atom is -0.464 e. The summed E-state index contributed by atoms with van der Waals surface area (Å²) in [6.45, 7) is 10.1. The van der Waals surface area contributed by atoms with Crippen molar-refractivity contribution in [3.8, 4) is 90.6 Å². The molecule has 8 heteroatoms. The molecule has 4 aliphatic carbocycles. The van der Waals surface area contributed by atoms with Crippen LogP contribution in [0.1, 0.15) is 72.2 Å². The van der Waals surface area contributed by atoms with E-state index in [1.54, 1.807) is 50.1 Å². The van der Waals surface area contributed by atoms with E-state index in [4.69, 9.17) is 35.3 Å². The Morgan fingerprint density at radius 2 is 0.356 bits per heavy atom. The van der Waals surface area contributed by atoms with Crippen LogP contribution < -0.4 is 0 Å². The smallest absolute Gasteiger partial charge is 0.134 e. The summed E-state index contributed by atoms with van der Waals surface area (Å²) in [6.07, 6.45) is 14.0. The van der Waals surface area contributed by atoms with Crippen molar-refractivity contribution in [2.45, 2.75) is 49.4 Å². The highest BCUT2D eigenvalue weighted by Crippen LogP contribution is 2.91. The van der Waals surface area contributed by atoms with Crippen molar-refractivity contribution in [1.29, 1.82) is 0 Å². The molecule has 4 aromatic carbocycles. The van der Waals surface area contributed by atoms with E-state index in [9.17, 15) is 0 Å². The van der Waals surface area contributed by atoms with Gasteiger partial charge in [-0.25, -0.2) is 0 Å². The van der Waals surface area contributed by atoms with Gasteiger partial charge in [0.15, 0.2) is 0 Å². The second-order valence-corrected chi connectivity index (χ2v) is 20.8. The molecule has 0 saturated carbocycles. The van der Waals surface area contributed by atoms with Crippen LogP contribution in [0.4, 0.5) is 0 Å². The average molecular weight is 953 g/mol. The van der Waals surface area contributed by atoms with Crippen molar-refractivity contribution in [2.75, 3.05) is 0 Å². The maximum atomic E-state index is 6.38. The predicted octanol–water partition coefficient (Wildman–Crippen LogP) is 17.3. The molecule has 0 aliphatic heterocycles. The van der Waals surface area contributed by atoms with Crippen LogP contribution in [-0.2, 0) is 21.7 Å². The third-order valence-corrected chi connectivity index (χ3v) is 18.2. The zero-order valence-corrected chi connectivity index (χ0v) is 40.2. The summed E-state index contributed by atoms with van der Waals surface area (Å²) in [5.41, 5.74) is 13.7. The van der Waals surface area contributed by atoms with Gasteiger partial charge in [0.2, 0.25) is 0 Å². The average Bonchev–Trinajstić information content (AvgIpc) is 4.27. The predicted molar refractivity (Wildman–Crippen MR) is 276 cm³/mol. The molecule has 352 valence electrons. The minimum atomic E-state index is -0.745. The maximum absolute atomic E-state index is 6.38. The van der Waals surface area contributed by atoms with E-state index in [-0.39, 0.29) is 0 Å². The summed E-state index contributed by atoms with van der Waals surface area (Å²) in [7, 11) is 0. The molecule has 1 spiro atoms. The van der Waals surface area contributed by atoms with E-state index in [0.29, 0.717) is 0 Å². The summed E-state index contributed by atoms with van der Waals surface area (Å²) < 4.78 is 51.0. The van der Waals surface area contributed by atoms with Gasteiger partial charge >= 0.3 is 0 Å². The van der Waals surface area contributed by atoms with Gasteiger partial charge in [0, 0.05) is 71.6 Å². The summed E-state index contributed by atoms with van der Waals surface area (Å²) in [6, 6.07) is 51.4. The zero-order chi connectivity index (χ0) is 48.6. The van der Waals surface area contributed by atoms with Crippen molar-refractivity contribution in [3.05, 3.63) is 240 Å². The van der Waals surface area contributed by atoms with Gasteiger partial charge in [-0.3, -0.25) is 0 Å². The van der Waals surface area contributed by atoms with Gasteiger partial charge in [0.1, 0.15) is 46.1 Å². The summed E-state index contributed by atoms with van der Waals surface area (Å²) in [4.78, 5) is 0. The van der Waals surface area contributed by atoms with Crippen molar-refractivity contribution in [1.82, 2.24) is 0 Å². The molecule has 0 radical (unpaired) electrons. The van der Waals surface area contributed by atoms with Gasteiger partial charge in [-0.2, -0.15) is 0 Å². The lowest BCUT2D eigenvalue weighted by Crippen LogP contribution is -2.60. The zero-order valence-electron chi connectivity index (χ0n) is 40.2. The first-order valence-corrected chi connectivity index (χ1v) is 24.8. The van der Waals surface area contributed by atoms with Gasteiger partial charge in [0.25, 0.3) is 0 Å². The topological polar surface area (TPSA) is 105 Å². The van der Waals surface area contributed by atoms with E-state index in [0.717, 1.165) is 90.6 Å². The first-order valence-electron chi connectivity index (χ1n) is 24.8. The highest BCUT2D eigenvalue weighted by molar-refractivity contribution is 5.95. The third kappa shape index (κ3) is 4.57. The molecule has 0 N–H and O–H groups in total. The Kier molecular flexibility index (Phi) is 7.68. The largest absolute Gasteiger partial charge is 0.464 e. The van der Waals surface area contributed by atoms with Crippen LogP contribution >= 0.6 is 0 Å². The number of fused-ring (bicyclic) bond motifs is 12. The quantitative estimate of drug-likeness (QED) is 0.148. The lowest BCUT2D eigenvalue weighted by Gasteiger charge is -2.57. The van der Waals surface area contributed by atoms with Gasteiger partial charge in [-0.15, -0.1) is 0 Å². The third-order valence-electron chi connectivity index (χ3n) is 18.2. The molecule has 0 atom stereocenters. The van der Waals surface area contributed by atoms with Crippen LogP contribution in [0.15, 0.2) is 231 Å². The van der Waals surface area contributed by atoms with E-state index >= 15 is 0 Å². The van der Waals surface area contributed by atoms with Crippen molar-refractivity contribution in [2.24, 2.45) is 5.41 Å². The summed E-state index contributed by atoms with van der Waals surface area (Å²) in [5.74, 6) is 6.08. The number of hydrogen-bond acceptors (Lipinski definition) is 8. The fourth-order valence-corrected chi connectivity index (χ4v) is 16.0. The Morgan fingerprint density at radius 1 is 0.219 bits per heavy atom. The maximum Gasteiger partial charge on any atom is 0.134 e. The molecular weight excluding hydrogens is 909 g/mol. The van der Waals surface area contributed by atoms with Gasteiger partial charge in [-0.1, -0.05) is 27.7 Å². The number of furan rings is 8. The fourth-order valence-electron chi connectivity index (χ4n) is 16.0. The van der Waals surface area contributed by atoms with Crippen LogP contribution in [-0.4, -0.2) is 0 Å². The molecule has 73 heavy (non-hydrogen) atoms. The lowest BCUT2D eigenvalue weighted by molar-refractivity contribution is 0.0253. The van der Waals surface area contributed by atoms with Crippen LogP contribution in [0.5, 0.6) is 0 Å². The van der Waals surface area contributed by atoms with Gasteiger partial charge in [0.05, 0.1) is 50.1 Å². The first-order chi connectivity index (χ1) is 35.7. The molecule has 0 bridgehead atoms. The molecule has 0 unspecified atom stereocenters. The van der Waals surface area contributed by atoms with E-state index < -0.39 is 27.1 Å². The second-order valence-electron chi connectivity index (χ2n) is 20.8. The lowest BCUT2D eigenvalue weighted by atomic mass is 9.43. The Bertz CT molecular complexity index is 3320. The molecule has 0 fully saturated rings. The molecule has 8 nitrogen and oxygen atoms in total. The summed E-state index contributed by atoms with van der Waals surface area (Å²) >= 11 is 0. The Labute approximate surface area is 419 Å². The highest BCUT2D eigenvalue weighted by Gasteiger charge is 2.89. The molecule has 12 aromatic rings. The Balaban J connectivity index is 1.14. The second kappa shape index (κ2) is 13.7. The minimum absolute atomic E-state index is 0.732. The number of hydrogen-bond donors (Lipinski definition) is 0. The van der Waals surface area contributed by atoms with Gasteiger partial charge < -0.3 is 35.3 Å². The SMILES string of the molecule is CC12c3cc(-c4ccco4)c(-c4ccco4)cc3C3(C)c4cc(-c5ccco5)c(-c5ccco5)cc4C4(C)c5cc(-c6ccco6)c(-c6ccco6)cc5C(C)(c5cc(-c6ccco6)c(-c6ccco6)cc51)C234. The fraction of sp³-hybridized carbons (Fsp3) is 0.138. The molecule has 4 aliphatic rings. The number of rotatable bonds is 8. The van der Waals surface area contributed by atoms with E-state index in [2.05, 4.69) is 76.2 Å². The molecule has 16 rings (SSSR count). The number of benzene rings is 4. The van der Waals surface area contributed by atoms with Crippen molar-refractivity contribution in [3.63, 3.8) is 0 Å². The van der Waals surface area contributed by atoms with Crippen LogP contribution in [0.2, 0.25) is 0 Å². The van der Waals surface area contributed by atoms with E-state index in [1.165, 1.54) is 44.5 Å². The van der Waals surface area contributed by atoms with Crippen molar-refractivity contribution < 1.29 is 35.3 Å². The standard InChI is InChI=1S/C65H44O8/c1-61-45-29-37(53-13-5-21-66-53)39(55-15-7-23-68-55)31-47(45)62(2)49-33-41(57-17-9-25-70-57)43(59-19-11-27-72-59)35-51(49)64(4)52-36-44(60-20-12-28-73-60)42(58-18-10-26-71-58)34-50(52)63(3,65(61,62)64)48-32-40(56-16-8-24-69-56)38(30-46(48)61)54-14-6-22-67-54/h5-36H,1-4H3. The molecule has 0 amide bonds. The normalized spacial score (nSPS) is 23.6. The van der Waals surface area contributed by atoms with E-state index in [1.807, 2.05) is 97.1 Å². The van der Waals surface area contributed by atoms with Crippen molar-refractivity contribution >= 4 is 0 Å². The monoisotopic (exact) mass is 952 g/mol. The first kappa shape index (κ1) is 40.8. The Morgan fingerprint density at radius 3 is 0.466 bits per heavy atom. The molecule has 8 heterocycles. The van der Waals surface area contributed by atoms with Crippen LogP contribution in [0.25, 0.3) is 90.6 Å². The van der Waals surface area contributed by atoms with Gasteiger partial charge in [-0.05, 0) is 190 Å². The van der Waals surface area contributed by atoms with Crippen LogP contribution in [0, 0.1) is 5.41 Å². The summed E-state index contributed by atoms with van der Waals surface area (Å²) in [5, 5.41) is 0. The molecular formula is C65H44O8. The highest BCUT2D eigenvalue weighted by atomic mass is 16.4. The molecule has 0 saturated heterocycles.